The molecule has 0 fully saturated rings. The molecule has 0 spiro atoms. The highest BCUT2D eigenvalue weighted by Gasteiger charge is 2.38. The van der Waals surface area contributed by atoms with Gasteiger partial charge in [-0.2, -0.15) is 0 Å². The number of ether oxygens (including phenoxy) is 1. The van der Waals surface area contributed by atoms with Crippen LogP contribution in [0.2, 0.25) is 0 Å². The molecule has 5 nitrogen and oxygen atoms in total. The Morgan fingerprint density at radius 3 is 2.21 bits per heavy atom. The van der Waals surface area contributed by atoms with Crippen LogP contribution in [0.25, 0.3) is 0 Å². The van der Waals surface area contributed by atoms with Crippen molar-refractivity contribution in [2.24, 2.45) is 5.41 Å². The summed E-state index contributed by atoms with van der Waals surface area (Å²) in [7, 11) is 1.63. The number of hydrogen-bond acceptors (Lipinski definition) is 3. The van der Waals surface area contributed by atoms with Crippen molar-refractivity contribution in [2.45, 2.75) is 33.7 Å². The van der Waals surface area contributed by atoms with Crippen LogP contribution in [0.15, 0.2) is 54.6 Å². The number of benzene rings is 2. The van der Waals surface area contributed by atoms with E-state index in [1.165, 1.54) is 0 Å². The molecule has 0 aliphatic rings. The number of nitrogens with zero attached hydrogens (tertiary/aromatic N) is 1. The van der Waals surface area contributed by atoms with Gasteiger partial charge in [0.15, 0.2) is 0 Å². The Bertz CT molecular complexity index is 770. The third-order valence-electron chi connectivity index (χ3n) is 4.85. The van der Waals surface area contributed by atoms with Gasteiger partial charge in [-0.1, -0.05) is 42.5 Å². The Morgan fingerprint density at radius 1 is 1.00 bits per heavy atom. The zero-order valence-corrected chi connectivity index (χ0v) is 17.2. The lowest BCUT2D eigenvalue weighted by Crippen LogP contribution is -2.49. The standard InChI is InChI=1S/C23H30N2O3/c1-5-25(17-19-9-7-6-8-10-19)22(27)23(2,3)21(26)24-16-15-18-11-13-20(28-4)14-12-18/h6-14H,5,15-17H2,1-4H3,(H,24,26). The van der Waals surface area contributed by atoms with Gasteiger partial charge in [0.05, 0.1) is 7.11 Å². The van der Waals surface area contributed by atoms with Crippen molar-refractivity contribution < 1.29 is 14.3 Å². The normalized spacial score (nSPS) is 11.0. The van der Waals surface area contributed by atoms with Gasteiger partial charge in [0.2, 0.25) is 11.8 Å². The predicted octanol–water partition coefficient (Wildman–Crippen LogP) is 3.43. The third kappa shape index (κ3) is 5.59. The summed E-state index contributed by atoms with van der Waals surface area (Å²) in [5, 5.41) is 2.91. The summed E-state index contributed by atoms with van der Waals surface area (Å²) >= 11 is 0. The molecular formula is C23H30N2O3. The molecule has 0 heterocycles. The molecule has 150 valence electrons. The molecule has 0 saturated carbocycles. The Labute approximate surface area is 167 Å². The summed E-state index contributed by atoms with van der Waals surface area (Å²) in [4.78, 5) is 27.4. The van der Waals surface area contributed by atoms with E-state index in [1.807, 2.05) is 61.5 Å². The first-order valence-corrected chi connectivity index (χ1v) is 9.63. The van der Waals surface area contributed by atoms with E-state index in [1.54, 1.807) is 25.9 Å². The van der Waals surface area contributed by atoms with Crippen LogP contribution in [0.4, 0.5) is 0 Å². The van der Waals surface area contributed by atoms with E-state index >= 15 is 0 Å². The second kappa shape index (κ2) is 9.93. The van der Waals surface area contributed by atoms with Crippen LogP contribution in [0.5, 0.6) is 5.75 Å². The van der Waals surface area contributed by atoms with Gasteiger partial charge in [-0.05, 0) is 50.5 Å². The number of rotatable bonds is 9. The quantitative estimate of drug-likeness (QED) is 0.676. The van der Waals surface area contributed by atoms with Gasteiger partial charge in [-0.15, -0.1) is 0 Å². The summed E-state index contributed by atoms with van der Waals surface area (Å²) in [5.74, 6) is 0.385. The lowest BCUT2D eigenvalue weighted by Gasteiger charge is -2.30. The van der Waals surface area contributed by atoms with E-state index in [0.29, 0.717) is 26.1 Å². The first kappa shape index (κ1) is 21.5. The molecule has 0 atom stereocenters. The number of methoxy groups -OCH3 is 1. The van der Waals surface area contributed by atoms with Crippen molar-refractivity contribution in [3.63, 3.8) is 0 Å². The summed E-state index contributed by atoms with van der Waals surface area (Å²) in [6.07, 6.45) is 0.696. The second-order valence-corrected chi connectivity index (χ2v) is 7.28. The maximum absolute atomic E-state index is 13.0. The minimum atomic E-state index is -1.12. The van der Waals surface area contributed by atoms with E-state index in [4.69, 9.17) is 4.74 Å². The lowest BCUT2D eigenvalue weighted by molar-refractivity contribution is -0.148. The molecule has 2 aromatic carbocycles. The highest BCUT2D eigenvalue weighted by Crippen LogP contribution is 2.21. The zero-order valence-electron chi connectivity index (χ0n) is 17.2. The molecule has 1 N–H and O–H groups in total. The minimum absolute atomic E-state index is 0.166. The molecule has 0 saturated heterocycles. The molecule has 2 aromatic rings. The first-order valence-electron chi connectivity index (χ1n) is 9.63. The highest BCUT2D eigenvalue weighted by molar-refractivity contribution is 6.04. The van der Waals surface area contributed by atoms with Crippen LogP contribution >= 0.6 is 0 Å². The lowest BCUT2D eigenvalue weighted by atomic mass is 9.90. The topological polar surface area (TPSA) is 58.6 Å². The first-order chi connectivity index (χ1) is 13.4. The molecule has 0 aliphatic carbocycles. The molecule has 28 heavy (non-hydrogen) atoms. The number of hydrogen-bond donors (Lipinski definition) is 1. The number of carbonyl (C=O) groups excluding carboxylic acids is 2. The summed E-state index contributed by atoms with van der Waals surface area (Å²) in [6.45, 7) is 6.83. The fourth-order valence-corrected chi connectivity index (χ4v) is 2.96. The Hall–Kier alpha value is -2.82. The van der Waals surface area contributed by atoms with E-state index in [2.05, 4.69) is 5.32 Å². The molecule has 0 bridgehead atoms. The fraction of sp³-hybridized carbons (Fsp3) is 0.391. The molecular weight excluding hydrogens is 352 g/mol. The SMILES string of the molecule is CCN(Cc1ccccc1)C(=O)C(C)(C)C(=O)NCCc1ccc(OC)cc1. The van der Waals surface area contributed by atoms with Crippen molar-refractivity contribution in [3.05, 3.63) is 65.7 Å². The smallest absolute Gasteiger partial charge is 0.237 e. The van der Waals surface area contributed by atoms with Gasteiger partial charge in [-0.3, -0.25) is 9.59 Å². The van der Waals surface area contributed by atoms with Gasteiger partial charge < -0.3 is 15.0 Å². The molecule has 0 aromatic heterocycles. The van der Waals surface area contributed by atoms with Crippen molar-refractivity contribution in [3.8, 4) is 5.75 Å². The maximum Gasteiger partial charge on any atom is 0.237 e. The van der Waals surface area contributed by atoms with Gasteiger partial charge in [0, 0.05) is 19.6 Å². The monoisotopic (exact) mass is 382 g/mol. The van der Waals surface area contributed by atoms with Crippen LogP contribution in [0.1, 0.15) is 31.9 Å². The van der Waals surface area contributed by atoms with Crippen LogP contribution in [0, 0.1) is 5.41 Å². The van der Waals surface area contributed by atoms with Crippen molar-refractivity contribution in [1.82, 2.24) is 10.2 Å². The van der Waals surface area contributed by atoms with Crippen molar-refractivity contribution >= 4 is 11.8 Å². The molecule has 0 unspecified atom stereocenters. The minimum Gasteiger partial charge on any atom is -0.497 e. The Kier molecular flexibility index (Phi) is 7.61. The second-order valence-electron chi connectivity index (χ2n) is 7.28. The van der Waals surface area contributed by atoms with Crippen molar-refractivity contribution in [1.29, 1.82) is 0 Å². The molecule has 0 aliphatic heterocycles. The predicted molar refractivity (Wildman–Crippen MR) is 111 cm³/mol. The Morgan fingerprint density at radius 2 is 1.64 bits per heavy atom. The largest absolute Gasteiger partial charge is 0.497 e. The highest BCUT2D eigenvalue weighted by atomic mass is 16.5. The van der Waals surface area contributed by atoms with Crippen LogP contribution in [-0.4, -0.2) is 36.9 Å². The molecule has 5 heteroatoms. The van der Waals surface area contributed by atoms with Gasteiger partial charge in [0.25, 0.3) is 0 Å². The average molecular weight is 383 g/mol. The van der Waals surface area contributed by atoms with E-state index < -0.39 is 5.41 Å². The van der Waals surface area contributed by atoms with Gasteiger partial charge >= 0.3 is 0 Å². The zero-order chi connectivity index (χ0) is 20.6. The summed E-state index contributed by atoms with van der Waals surface area (Å²) < 4.78 is 5.15. The van der Waals surface area contributed by atoms with Crippen LogP contribution in [0.3, 0.4) is 0 Å². The van der Waals surface area contributed by atoms with Gasteiger partial charge in [0.1, 0.15) is 11.2 Å². The van der Waals surface area contributed by atoms with E-state index in [-0.39, 0.29) is 11.8 Å². The number of amides is 2. The summed E-state index contributed by atoms with van der Waals surface area (Å²) in [6, 6.07) is 17.5. The fourth-order valence-electron chi connectivity index (χ4n) is 2.96. The van der Waals surface area contributed by atoms with Gasteiger partial charge in [-0.25, -0.2) is 0 Å². The van der Waals surface area contributed by atoms with Crippen molar-refractivity contribution in [2.75, 3.05) is 20.2 Å². The van der Waals surface area contributed by atoms with Crippen LogP contribution in [-0.2, 0) is 22.6 Å². The molecule has 2 amide bonds. The Balaban J connectivity index is 1.92. The molecule has 0 radical (unpaired) electrons. The molecule has 2 rings (SSSR count). The van der Waals surface area contributed by atoms with E-state index in [9.17, 15) is 9.59 Å². The van der Waals surface area contributed by atoms with E-state index in [0.717, 1.165) is 16.9 Å². The summed E-state index contributed by atoms with van der Waals surface area (Å²) in [5.41, 5.74) is 1.03. The maximum atomic E-state index is 13.0. The number of carbonyl (C=O) groups is 2. The third-order valence-corrected chi connectivity index (χ3v) is 4.85. The average Bonchev–Trinajstić information content (AvgIpc) is 2.72. The van der Waals surface area contributed by atoms with Crippen LogP contribution < -0.4 is 10.1 Å². The number of nitrogens with one attached hydrogen (secondary N) is 1.